The van der Waals surface area contributed by atoms with Crippen LogP contribution in [0.3, 0.4) is 0 Å². The Balaban J connectivity index is 2.02. The van der Waals surface area contributed by atoms with Crippen LogP contribution in [0.25, 0.3) is 0 Å². The number of nitrogens with one attached hydrogen (secondary N) is 1. The summed E-state index contributed by atoms with van der Waals surface area (Å²) < 4.78 is 0. The van der Waals surface area contributed by atoms with E-state index in [1.54, 1.807) is 0 Å². The molecule has 1 heterocycles. The van der Waals surface area contributed by atoms with Gasteiger partial charge in [0.25, 0.3) is 0 Å². The Morgan fingerprint density at radius 2 is 2.00 bits per heavy atom. The first kappa shape index (κ1) is 11.9. The summed E-state index contributed by atoms with van der Waals surface area (Å²) in [5.41, 5.74) is 2.42. The zero-order valence-electron chi connectivity index (χ0n) is 9.85. The Bertz CT molecular complexity index is 387. The van der Waals surface area contributed by atoms with Crippen molar-refractivity contribution >= 4 is 11.7 Å². The number of carboxylic acids is 1. The maximum atomic E-state index is 10.5. The quantitative estimate of drug-likeness (QED) is 0.810. The van der Waals surface area contributed by atoms with E-state index in [9.17, 15) is 4.79 Å². The van der Waals surface area contributed by atoms with E-state index in [2.05, 4.69) is 22.3 Å². The molecule has 1 aliphatic rings. The molecule has 4 nitrogen and oxygen atoms in total. The second kappa shape index (κ2) is 5.68. The third-order valence-corrected chi connectivity index (χ3v) is 3.03. The van der Waals surface area contributed by atoms with Crippen LogP contribution in [0, 0.1) is 0 Å². The van der Waals surface area contributed by atoms with Crippen LogP contribution < -0.4 is 10.2 Å². The number of para-hydroxylation sites is 1. The van der Waals surface area contributed by atoms with E-state index in [-0.39, 0.29) is 6.54 Å². The summed E-state index contributed by atoms with van der Waals surface area (Å²) in [6.07, 6.45) is 2.49. The predicted octanol–water partition coefficient (Wildman–Crippen LogP) is 1.46. The smallest absolute Gasteiger partial charge is 0.317 e. The van der Waals surface area contributed by atoms with Gasteiger partial charge in [-0.05, 0) is 24.5 Å². The van der Waals surface area contributed by atoms with Crippen LogP contribution in [-0.4, -0.2) is 30.7 Å². The number of benzene rings is 1. The molecule has 0 radical (unpaired) electrons. The third-order valence-electron chi connectivity index (χ3n) is 3.03. The molecule has 2 rings (SSSR count). The number of carbonyl (C=O) groups is 1. The van der Waals surface area contributed by atoms with Gasteiger partial charge in [-0.3, -0.25) is 4.79 Å². The van der Waals surface area contributed by atoms with E-state index in [0.29, 0.717) is 6.54 Å². The largest absolute Gasteiger partial charge is 0.480 e. The van der Waals surface area contributed by atoms with Crippen molar-refractivity contribution in [2.45, 2.75) is 19.4 Å². The number of hydrogen-bond donors (Lipinski definition) is 2. The van der Waals surface area contributed by atoms with Gasteiger partial charge >= 0.3 is 5.97 Å². The van der Waals surface area contributed by atoms with Gasteiger partial charge in [0.1, 0.15) is 0 Å². The van der Waals surface area contributed by atoms with Gasteiger partial charge in [-0.2, -0.15) is 0 Å². The van der Waals surface area contributed by atoms with E-state index >= 15 is 0 Å². The average Bonchev–Trinajstić information content (AvgIpc) is 2.82. The molecular formula is C13H18N2O2. The van der Waals surface area contributed by atoms with Crippen molar-refractivity contribution in [1.82, 2.24) is 5.32 Å². The highest BCUT2D eigenvalue weighted by atomic mass is 16.4. The van der Waals surface area contributed by atoms with E-state index in [1.165, 1.54) is 24.1 Å². The molecule has 0 unspecified atom stereocenters. The Labute approximate surface area is 101 Å². The zero-order valence-corrected chi connectivity index (χ0v) is 9.85. The molecule has 92 valence electrons. The summed E-state index contributed by atoms with van der Waals surface area (Å²) in [4.78, 5) is 12.8. The van der Waals surface area contributed by atoms with E-state index in [4.69, 9.17) is 5.11 Å². The van der Waals surface area contributed by atoms with Gasteiger partial charge in [-0.1, -0.05) is 18.2 Å². The van der Waals surface area contributed by atoms with Crippen molar-refractivity contribution in [3.8, 4) is 0 Å². The molecule has 1 fully saturated rings. The molecule has 17 heavy (non-hydrogen) atoms. The predicted molar refractivity (Wildman–Crippen MR) is 67.2 cm³/mol. The van der Waals surface area contributed by atoms with Gasteiger partial charge in [0, 0.05) is 25.3 Å². The SMILES string of the molecule is O=C(O)CNCc1ccccc1N1CCCC1. The van der Waals surface area contributed by atoms with Crippen molar-refractivity contribution < 1.29 is 9.90 Å². The maximum Gasteiger partial charge on any atom is 0.317 e. The molecule has 0 bridgehead atoms. The van der Waals surface area contributed by atoms with Crippen LogP contribution in [0.5, 0.6) is 0 Å². The molecule has 0 amide bonds. The summed E-state index contributed by atoms with van der Waals surface area (Å²) in [7, 11) is 0. The summed E-state index contributed by atoms with van der Waals surface area (Å²) in [6, 6.07) is 8.21. The van der Waals surface area contributed by atoms with Crippen molar-refractivity contribution in [2.75, 3.05) is 24.5 Å². The highest BCUT2D eigenvalue weighted by molar-refractivity contribution is 5.69. The standard InChI is InChI=1S/C13H18N2O2/c16-13(17)10-14-9-11-5-1-2-6-12(11)15-7-3-4-8-15/h1-2,5-6,14H,3-4,7-10H2,(H,16,17). The molecule has 1 aromatic carbocycles. The Hall–Kier alpha value is -1.55. The maximum absolute atomic E-state index is 10.5. The molecule has 0 aliphatic carbocycles. The summed E-state index contributed by atoms with van der Waals surface area (Å²) in [5.74, 6) is -0.816. The molecule has 0 aromatic heterocycles. The monoisotopic (exact) mass is 234 g/mol. The fourth-order valence-corrected chi connectivity index (χ4v) is 2.23. The van der Waals surface area contributed by atoms with Crippen LogP contribution in [0.2, 0.25) is 0 Å². The van der Waals surface area contributed by atoms with Crippen LogP contribution >= 0.6 is 0 Å². The molecule has 0 spiro atoms. The molecule has 4 heteroatoms. The van der Waals surface area contributed by atoms with Gasteiger partial charge in [0.05, 0.1) is 6.54 Å². The van der Waals surface area contributed by atoms with Gasteiger partial charge in [-0.15, -0.1) is 0 Å². The lowest BCUT2D eigenvalue weighted by molar-refractivity contribution is -0.135. The minimum Gasteiger partial charge on any atom is -0.480 e. The third kappa shape index (κ3) is 3.20. The number of rotatable bonds is 5. The molecule has 1 aromatic rings. The highest BCUT2D eigenvalue weighted by Crippen LogP contribution is 2.24. The summed E-state index contributed by atoms with van der Waals surface area (Å²) in [5, 5.41) is 11.5. The van der Waals surface area contributed by atoms with Crippen LogP contribution in [0.1, 0.15) is 18.4 Å². The number of carboxylic acid groups (broad SMARTS) is 1. The Morgan fingerprint density at radius 1 is 1.29 bits per heavy atom. The van der Waals surface area contributed by atoms with E-state index < -0.39 is 5.97 Å². The van der Waals surface area contributed by atoms with Gasteiger partial charge in [0.15, 0.2) is 0 Å². The van der Waals surface area contributed by atoms with E-state index in [1.807, 2.05) is 12.1 Å². The van der Waals surface area contributed by atoms with E-state index in [0.717, 1.165) is 13.1 Å². The lowest BCUT2D eigenvalue weighted by Gasteiger charge is -2.21. The first-order valence-corrected chi connectivity index (χ1v) is 6.03. The fraction of sp³-hybridized carbons (Fsp3) is 0.462. The fourth-order valence-electron chi connectivity index (χ4n) is 2.23. The Kier molecular flexibility index (Phi) is 3.98. The molecular weight excluding hydrogens is 216 g/mol. The number of nitrogens with zero attached hydrogens (tertiary/aromatic N) is 1. The number of anilines is 1. The first-order valence-electron chi connectivity index (χ1n) is 6.03. The van der Waals surface area contributed by atoms with Crippen molar-refractivity contribution in [3.05, 3.63) is 29.8 Å². The highest BCUT2D eigenvalue weighted by Gasteiger charge is 2.14. The minimum atomic E-state index is -0.816. The first-order chi connectivity index (χ1) is 8.27. The normalized spacial score (nSPS) is 15.2. The van der Waals surface area contributed by atoms with Crippen LogP contribution in [-0.2, 0) is 11.3 Å². The molecule has 2 N–H and O–H groups in total. The molecule has 0 atom stereocenters. The van der Waals surface area contributed by atoms with Gasteiger partial charge in [-0.25, -0.2) is 0 Å². The summed E-state index contributed by atoms with van der Waals surface area (Å²) in [6.45, 7) is 2.83. The van der Waals surface area contributed by atoms with Crippen molar-refractivity contribution in [2.24, 2.45) is 0 Å². The topological polar surface area (TPSA) is 52.6 Å². The zero-order chi connectivity index (χ0) is 12.1. The second-order valence-electron chi connectivity index (χ2n) is 4.32. The van der Waals surface area contributed by atoms with Gasteiger partial charge < -0.3 is 15.3 Å². The van der Waals surface area contributed by atoms with Gasteiger partial charge in [0.2, 0.25) is 0 Å². The minimum absolute atomic E-state index is 0.00827. The average molecular weight is 234 g/mol. The molecule has 0 saturated carbocycles. The molecule has 1 saturated heterocycles. The number of aliphatic carboxylic acids is 1. The Morgan fingerprint density at radius 3 is 2.71 bits per heavy atom. The summed E-state index contributed by atoms with van der Waals surface area (Å²) >= 11 is 0. The molecule has 1 aliphatic heterocycles. The van der Waals surface area contributed by atoms with Crippen LogP contribution in [0.4, 0.5) is 5.69 Å². The number of hydrogen-bond acceptors (Lipinski definition) is 3. The second-order valence-corrected chi connectivity index (χ2v) is 4.32. The van der Waals surface area contributed by atoms with Crippen LogP contribution in [0.15, 0.2) is 24.3 Å². The van der Waals surface area contributed by atoms with Crippen molar-refractivity contribution in [3.63, 3.8) is 0 Å². The lowest BCUT2D eigenvalue weighted by Crippen LogP contribution is -2.24. The lowest BCUT2D eigenvalue weighted by atomic mass is 10.1. The van der Waals surface area contributed by atoms with Crippen molar-refractivity contribution in [1.29, 1.82) is 0 Å².